The van der Waals surface area contributed by atoms with Crippen molar-refractivity contribution < 1.29 is 14.6 Å². The Kier molecular flexibility index (Phi) is 7.39. The minimum Gasteiger partial charge on any atom is -0.466 e. The summed E-state index contributed by atoms with van der Waals surface area (Å²) in [6, 6.07) is 0. The van der Waals surface area contributed by atoms with Crippen LogP contribution in [0.2, 0.25) is 0 Å². The lowest BCUT2D eigenvalue weighted by molar-refractivity contribution is -0.144. The van der Waals surface area contributed by atoms with Crippen LogP contribution in [-0.2, 0) is 9.53 Å². The van der Waals surface area contributed by atoms with E-state index in [1.807, 2.05) is 13.8 Å². The van der Waals surface area contributed by atoms with Crippen molar-refractivity contribution >= 4 is 5.97 Å². The van der Waals surface area contributed by atoms with E-state index in [1.165, 1.54) is 0 Å². The zero-order valence-electron chi connectivity index (χ0n) is 10.2. The Morgan fingerprint density at radius 1 is 1.13 bits per heavy atom. The normalized spacial score (nSPS) is 11.5. The van der Waals surface area contributed by atoms with Crippen molar-refractivity contribution in [2.24, 2.45) is 0 Å². The molecule has 0 rings (SSSR count). The third-order valence-electron chi connectivity index (χ3n) is 2.53. The maximum absolute atomic E-state index is 11.2. The molecule has 0 spiro atoms. The number of aliphatic hydroxyl groups is 1. The highest BCUT2D eigenvalue weighted by Gasteiger charge is 2.25. The molecule has 0 aliphatic carbocycles. The van der Waals surface area contributed by atoms with E-state index in [9.17, 15) is 9.90 Å². The second-order valence-electron chi connectivity index (χ2n) is 4.03. The second-order valence-corrected chi connectivity index (χ2v) is 4.03. The van der Waals surface area contributed by atoms with Crippen molar-refractivity contribution in [1.29, 1.82) is 0 Å². The highest BCUT2D eigenvalue weighted by molar-refractivity contribution is 5.69. The molecule has 0 fully saturated rings. The fourth-order valence-electron chi connectivity index (χ4n) is 1.87. The summed E-state index contributed by atoms with van der Waals surface area (Å²) >= 11 is 0. The molecule has 0 saturated carbocycles. The van der Waals surface area contributed by atoms with Crippen LogP contribution < -0.4 is 0 Å². The highest BCUT2D eigenvalue weighted by atomic mass is 16.5. The molecular formula is C12H24O3. The smallest absolute Gasteiger partial charge is 0.305 e. The Balaban J connectivity index is 3.99. The van der Waals surface area contributed by atoms with Gasteiger partial charge in [0.05, 0.1) is 12.2 Å². The number of carbonyl (C=O) groups is 1. The van der Waals surface area contributed by atoms with Gasteiger partial charge in [-0.1, -0.05) is 26.7 Å². The topological polar surface area (TPSA) is 46.5 Å². The lowest BCUT2D eigenvalue weighted by Crippen LogP contribution is -2.29. The minimum atomic E-state index is -0.670. The molecule has 0 aromatic carbocycles. The first-order valence-corrected chi connectivity index (χ1v) is 5.96. The van der Waals surface area contributed by atoms with Crippen molar-refractivity contribution in [1.82, 2.24) is 0 Å². The molecule has 0 aromatic rings. The van der Waals surface area contributed by atoms with Gasteiger partial charge in [-0.2, -0.15) is 0 Å². The maximum atomic E-state index is 11.2. The van der Waals surface area contributed by atoms with Crippen LogP contribution in [-0.4, -0.2) is 23.3 Å². The zero-order chi connectivity index (χ0) is 11.7. The van der Waals surface area contributed by atoms with Gasteiger partial charge in [0, 0.05) is 6.42 Å². The Hall–Kier alpha value is -0.570. The standard InChI is InChI=1S/C12H24O3/c1-4-8-12(14,9-5-2)10-7-11(13)15-6-3/h14H,4-10H2,1-3H3. The predicted octanol–water partition coefficient (Wildman–Crippen LogP) is 2.66. The summed E-state index contributed by atoms with van der Waals surface area (Å²) in [6.45, 7) is 6.30. The van der Waals surface area contributed by atoms with Crippen LogP contribution in [0.15, 0.2) is 0 Å². The number of ether oxygens (including phenoxy) is 1. The molecule has 1 N–H and O–H groups in total. The Morgan fingerprint density at radius 2 is 1.67 bits per heavy atom. The molecule has 3 nitrogen and oxygen atoms in total. The lowest BCUT2D eigenvalue weighted by atomic mass is 9.88. The van der Waals surface area contributed by atoms with Crippen molar-refractivity contribution in [3.8, 4) is 0 Å². The first kappa shape index (κ1) is 14.4. The van der Waals surface area contributed by atoms with Crippen molar-refractivity contribution in [2.75, 3.05) is 6.61 Å². The molecule has 90 valence electrons. The molecule has 0 bridgehead atoms. The minimum absolute atomic E-state index is 0.205. The van der Waals surface area contributed by atoms with Gasteiger partial charge in [-0.3, -0.25) is 4.79 Å². The maximum Gasteiger partial charge on any atom is 0.305 e. The summed E-state index contributed by atoms with van der Waals surface area (Å²) in [5, 5.41) is 10.2. The number of rotatable bonds is 8. The molecule has 0 unspecified atom stereocenters. The van der Waals surface area contributed by atoms with Gasteiger partial charge in [0.25, 0.3) is 0 Å². The molecule has 0 aliphatic rings. The van der Waals surface area contributed by atoms with Gasteiger partial charge in [0.2, 0.25) is 0 Å². The van der Waals surface area contributed by atoms with Gasteiger partial charge in [-0.15, -0.1) is 0 Å². The van der Waals surface area contributed by atoms with E-state index >= 15 is 0 Å². The molecule has 0 atom stereocenters. The quantitative estimate of drug-likeness (QED) is 0.634. The van der Waals surface area contributed by atoms with Crippen LogP contribution in [0.25, 0.3) is 0 Å². The Labute approximate surface area is 92.8 Å². The van der Waals surface area contributed by atoms with Crippen molar-refractivity contribution in [3.63, 3.8) is 0 Å². The van der Waals surface area contributed by atoms with E-state index in [2.05, 4.69) is 0 Å². The third kappa shape index (κ3) is 6.50. The first-order valence-electron chi connectivity index (χ1n) is 5.96. The summed E-state index contributed by atoms with van der Waals surface area (Å²) in [5.41, 5.74) is -0.670. The number of hydrogen-bond acceptors (Lipinski definition) is 3. The molecule has 0 aromatic heterocycles. The largest absolute Gasteiger partial charge is 0.466 e. The Bertz CT molecular complexity index is 172. The van der Waals surface area contributed by atoms with Gasteiger partial charge in [-0.05, 0) is 26.2 Å². The summed E-state index contributed by atoms with van der Waals surface area (Å²) in [5.74, 6) is -0.205. The van der Waals surface area contributed by atoms with E-state index in [0.717, 1.165) is 25.7 Å². The molecule has 0 heterocycles. The summed E-state index contributed by atoms with van der Waals surface area (Å²) in [7, 11) is 0. The van der Waals surface area contributed by atoms with Crippen LogP contribution in [0.4, 0.5) is 0 Å². The van der Waals surface area contributed by atoms with E-state index in [1.54, 1.807) is 6.92 Å². The molecule has 0 radical (unpaired) electrons. The third-order valence-corrected chi connectivity index (χ3v) is 2.53. The SMILES string of the molecule is CCCC(O)(CCC)CCC(=O)OCC. The fourth-order valence-corrected chi connectivity index (χ4v) is 1.87. The average Bonchev–Trinajstić information content (AvgIpc) is 2.16. The van der Waals surface area contributed by atoms with Crippen LogP contribution in [0.1, 0.15) is 59.3 Å². The van der Waals surface area contributed by atoms with Crippen LogP contribution in [0, 0.1) is 0 Å². The van der Waals surface area contributed by atoms with E-state index < -0.39 is 5.60 Å². The number of hydrogen-bond donors (Lipinski definition) is 1. The highest BCUT2D eigenvalue weighted by Crippen LogP contribution is 2.25. The van der Waals surface area contributed by atoms with Crippen molar-refractivity contribution in [3.05, 3.63) is 0 Å². The lowest BCUT2D eigenvalue weighted by Gasteiger charge is -2.27. The second kappa shape index (κ2) is 7.69. The Morgan fingerprint density at radius 3 is 2.07 bits per heavy atom. The molecular weight excluding hydrogens is 192 g/mol. The summed E-state index contributed by atoms with van der Waals surface area (Å²) in [6.07, 6.45) is 4.26. The molecule has 0 amide bonds. The molecule has 3 heteroatoms. The van der Waals surface area contributed by atoms with E-state index in [4.69, 9.17) is 4.74 Å². The fraction of sp³-hybridized carbons (Fsp3) is 0.917. The van der Waals surface area contributed by atoms with Crippen LogP contribution in [0.3, 0.4) is 0 Å². The van der Waals surface area contributed by atoms with Gasteiger partial charge < -0.3 is 9.84 Å². The molecule has 0 aliphatic heterocycles. The summed E-state index contributed by atoms with van der Waals surface area (Å²) < 4.78 is 4.84. The monoisotopic (exact) mass is 216 g/mol. The van der Waals surface area contributed by atoms with Crippen molar-refractivity contribution in [2.45, 2.75) is 64.9 Å². The average molecular weight is 216 g/mol. The van der Waals surface area contributed by atoms with E-state index in [0.29, 0.717) is 19.4 Å². The van der Waals surface area contributed by atoms with Gasteiger partial charge in [0.1, 0.15) is 0 Å². The first-order chi connectivity index (χ1) is 7.08. The van der Waals surface area contributed by atoms with Gasteiger partial charge in [0.15, 0.2) is 0 Å². The van der Waals surface area contributed by atoms with Gasteiger partial charge >= 0.3 is 5.97 Å². The van der Waals surface area contributed by atoms with E-state index in [-0.39, 0.29) is 5.97 Å². The zero-order valence-corrected chi connectivity index (χ0v) is 10.2. The molecule has 15 heavy (non-hydrogen) atoms. The summed E-state index contributed by atoms with van der Waals surface area (Å²) in [4.78, 5) is 11.2. The van der Waals surface area contributed by atoms with Crippen LogP contribution in [0.5, 0.6) is 0 Å². The molecule has 0 saturated heterocycles. The number of carbonyl (C=O) groups excluding carboxylic acids is 1. The number of esters is 1. The van der Waals surface area contributed by atoms with Crippen LogP contribution >= 0.6 is 0 Å². The van der Waals surface area contributed by atoms with Gasteiger partial charge in [-0.25, -0.2) is 0 Å². The predicted molar refractivity (Wildman–Crippen MR) is 60.6 cm³/mol.